The van der Waals surface area contributed by atoms with Crippen LogP contribution in [0.2, 0.25) is 5.02 Å². The van der Waals surface area contributed by atoms with Gasteiger partial charge in [0, 0.05) is 14.1 Å². The number of aromatic hydroxyl groups is 1. The molecule has 3 rings (SSSR count). The Hall–Kier alpha value is -3.51. The van der Waals surface area contributed by atoms with Gasteiger partial charge in [-0.25, -0.2) is 9.79 Å². The third-order valence-electron chi connectivity index (χ3n) is 5.48. The molecule has 0 aliphatic heterocycles. The fraction of sp³-hybridized carbons (Fsp3) is 0.250. The molecule has 37 heavy (non-hydrogen) atoms. The van der Waals surface area contributed by atoms with Gasteiger partial charge in [-0.05, 0) is 55.3 Å². The molecule has 0 atom stereocenters. The first-order valence-corrected chi connectivity index (χ1v) is 12.0. The standard InChI is InChI=1S/C24H22ClF3N4O4S/c1-12-5-7-15(9-13(12)2)29-20(19-21(34)31(3)23(36)32(4)22(19)35)37-11-18(33)30-17-10-14(24(26,27)28)6-8-16(17)25/h5-10,34H,11H2,1-4H3,(H,30,33). The quantitative estimate of drug-likeness (QED) is 0.356. The van der Waals surface area contributed by atoms with Crippen LogP contribution in [-0.4, -0.2) is 30.9 Å². The number of nitrogens with zero attached hydrogens (tertiary/aromatic N) is 3. The Morgan fingerprint density at radius 1 is 1.08 bits per heavy atom. The van der Waals surface area contributed by atoms with Crippen LogP contribution in [-0.2, 0) is 25.1 Å². The third kappa shape index (κ3) is 6.25. The first kappa shape index (κ1) is 28.1. The minimum atomic E-state index is -4.63. The number of thioether (sulfide) groups is 1. The van der Waals surface area contributed by atoms with Crippen molar-refractivity contribution in [3.8, 4) is 5.88 Å². The second-order valence-electron chi connectivity index (χ2n) is 8.12. The van der Waals surface area contributed by atoms with E-state index in [-0.39, 0.29) is 21.3 Å². The minimum absolute atomic E-state index is 0.0674. The molecule has 2 N–H and O–H groups in total. The monoisotopic (exact) mass is 554 g/mol. The lowest BCUT2D eigenvalue weighted by Crippen LogP contribution is -2.39. The molecule has 0 unspecified atom stereocenters. The van der Waals surface area contributed by atoms with E-state index in [4.69, 9.17) is 11.6 Å². The van der Waals surface area contributed by atoms with E-state index in [1.165, 1.54) is 14.1 Å². The number of hydrogen-bond acceptors (Lipinski definition) is 6. The number of hydrogen-bond donors (Lipinski definition) is 2. The molecule has 1 amide bonds. The molecule has 0 saturated heterocycles. The van der Waals surface area contributed by atoms with Crippen LogP contribution in [0.3, 0.4) is 0 Å². The fourth-order valence-corrected chi connectivity index (χ4v) is 4.21. The van der Waals surface area contributed by atoms with E-state index in [0.717, 1.165) is 44.2 Å². The van der Waals surface area contributed by atoms with E-state index < -0.39 is 40.5 Å². The fourth-order valence-electron chi connectivity index (χ4n) is 3.21. The van der Waals surface area contributed by atoms with Gasteiger partial charge in [0.1, 0.15) is 10.6 Å². The molecule has 13 heteroatoms. The SMILES string of the molecule is Cc1ccc(N=C(SCC(=O)Nc2cc(C(F)(F)F)ccc2Cl)c2c(O)n(C)c(=O)n(C)c2=O)cc1C. The van der Waals surface area contributed by atoms with Gasteiger partial charge in [-0.1, -0.05) is 29.4 Å². The van der Waals surface area contributed by atoms with E-state index in [1.807, 2.05) is 13.8 Å². The van der Waals surface area contributed by atoms with Crippen molar-refractivity contribution in [2.75, 3.05) is 11.1 Å². The summed E-state index contributed by atoms with van der Waals surface area (Å²) in [4.78, 5) is 42.2. The summed E-state index contributed by atoms with van der Waals surface area (Å²) in [6.45, 7) is 3.76. The second-order valence-corrected chi connectivity index (χ2v) is 9.49. The number of nitrogens with one attached hydrogen (secondary N) is 1. The molecule has 0 fully saturated rings. The van der Waals surface area contributed by atoms with Crippen molar-refractivity contribution in [2.45, 2.75) is 20.0 Å². The maximum absolute atomic E-state index is 13.1. The molecule has 0 bridgehead atoms. The smallest absolute Gasteiger partial charge is 0.416 e. The average Bonchev–Trinajstić information content (AvgIpc) is 2.83. The lowest BCUT2D eigenvalue weighted by atomic mass is 10.1. The molecule has 2 aromatic carbocycles. The maximum atomic E-state index is 13.1. The Kier molecular flexibility index (Phi) is 8.23. The molecule has 196 valence electrons. The first-order valence-electron chi connectivity index (χ1n) is 10.7. The maximum Gasteiger partial charge on any atom is 0.416 e. The van der Waals surface area contributed by atoms with Gasteiger partial charge in [0.25, 0.3) is 5.56 Å². The summed E-state index contributed by atoms with van der Waals surface area (Å²) in [6.07, 6.45) is -4.63. The van der Waals surface area contributed by atoms with Crippen molar-refractivity contribution >= 4 is 45.7 Å². The predicted molar refractivity (Wildman–Crippen MR) is 138 cm³/mol. The van der Waals surface area contributed by atoms with Crippen molar-refractivity contribution in [1.82, 2.24) is 9.13 Å². The Bertz CT molecular complexity index is 1530. The van der Waals surface area contributed by atoms with Crippen molar-refractivity contribution in [3.05, 3.63) is 84.5 Å². The summed E-state index contributed by atoms with van der Waals surface area (Å²) in [5, 5.41) is 12.8. The number of aryl methyl sites for hydroxylation is 2. The molecule has 8 nitrogen and oxygen atoms in total. The van der Waals surface area contributed by atoms with E-state index >= 15 is 0 Å². The molecule has 0 radical (unpaired) electrons. The van der Waals surface area contributed by atoms with Crippen molar-refractivity contribution < 1.29 is 23.1 Å². The van der Waals surface area contributed by atoms with Gasteiger partial charge in [-0.3, -0.25) is 18.7 Å². The van der Waals surface area contributed by atoms with E-state index in [9.17, 15) is 32.7 Å². The van der Waals surface area contributed by atoms with Crippen LogP contribution in [0.4, 0.5) is 24.5 Å². The van der Waals surface area contributed by atoms with E-state index in [0.29, 0.717) is 11.8 Å². The molecule has 1 heterocycles. The number of anilines is 1. The number of rotatable bonds is 5. The number of aliphatic imine (C=N–C) groups is 1. The average molecular weight is 555 g/mol. The van der Waals surface area contributed by atoms with E-state index in [2.05, 4.69) is 10.3 Å². The molecular weight excluding hydrogens is 533 g/mol. The van der Waals surface area contributed by atoms with Crippen LogP contribution in [0.1, 0.15) is 22.3 Å². The number of carbonyl (C=O) groups excluding carboxylic acids is 1. The summed E-state index contributed by atoms with van der Waals surface area (Å²) < 4.78 is 40.8. The highest BCUT2D eigenvalue weighted by atomic mass is 35.5. The summed E-state index contributed by atoms with van der Waals surface area (Å²) in [5.74, 6) is -1.79. The first-order chi connectivity index (χ1) is 17.2. The van der Waals surface area contributed by atoms with Crippen LogP contribution in [0, 0.1) is 13.8 Å². The number of amides is 1. The molecule has 3 aromatic rings. The highest BCUT2D eigenvalue weighted by Gasteiger charge is 2.31. The van der Waals surface area contributed by atoms with Crippen molar-refractivity contribution in [3.63, 3.8) is 0 Å². The molecular formula is C24H22ClF3N4O4S. The van der Waals surface area contributed by atoms with Gasteiger partial charge in [0.05, 0.1) is 27.7 Å². The normalized spacial score (nSPS) is 12.1. The zero-order valence-electron chi connectivity index (χ0n) is 20.1. The number of benzene rings is 2. The number of carbonyl (C=O) groups is 1. The third-order valence-corrected chi connectivity index (χ3v) is 6.78. The van der Waals surface area contributed by atoms with Gasteiger partial charge < -0.3 is 10.4 Å². The molecule has 1 aromatic heterocycles. The van der Waals surface area contributed by atoms with Gasteiger partial charge in [-0.15, -0.1) is 0 Å². The highest BCUT2D eigenvalue weighted by Crippen LogP contribution is 2.34. The Morgan fingerprint density at radius 3 is 2.38 bits per heavy atom. The summed E-state index contributed by atoms with van der Waals surface area (Å²) in [7, 11) is 2.50. The lowest BCUT2D eigenvalue weighted by Gasteiger charge is -2.14. The van der Waals surface area contributed by atoms with Crippen molar-refractivity contribution in [1.29, 1.82) is 0 Å². The van der Waals surface area contributed by atoms with Crippen LogP contribution in [0.5, 0.6) is 5.88 Å². The lowest BCUT2D eigenvalue weighted by molar-refractivity contribution is -0.137. The highest BCUT2D eigenvalue weighted by molar-refractivity contribution is 8.15. The minimum Gasteiger partial charge on any atom is -0.494 e. The van der Waals surface area contributed by atoms with Crippen LogP contribution in [0.15, 0.2) is 51.0 Å². The van der Waals surface area contributed by atoms with Gasteiger partial charge >= 0.3 is 11.9 Å². The Labute approximate surface area is 218 Å². The zero-order valence-corrected chi connectivity index (χ0v) is 21.7. The van der Waals surface area contributed by atoms with Gasteiger partial charge in [-0.2, -0.15) is 13.2 Å². The van der Waals surface area contributed by atoms with Gasteiger partial charge in [0.2, 0.25) is 11.8 Å². The Morgan fingerprint density at radius 2 is 1.76 bits per heavy atom. The summed E-state index contributed by atoms with van der Waals surface area (Å²) >= 11 is 6.71. The number of aromatic nitrogens is 2. The number of alkyl halides is 3. The Balaban J connectivity index is 1.99. The second kappa shape index (κ2) is 10.9. The molecule has 0 aliphatic rings. The topological polar surface area (TPSA) is 106 Å². The van der Waals surface area contributed by atoms with Gasteiger partial charge in [0.15, 0.2) is 0 Å². The number of halogens is 4. The van der Waals surface area contributed by atoms with Crippen LogP contribution < -0.4 is 16.6 Å². The van der Waals surface area contributed by atoms with Crippen LogP contribution in [0.25, 0.3) is 0 Å². The summed E-state index contributed by atoms with van der Waals surface area (Å²) in [6, 6.07) is 7.74. The van der Waals surface area contributed by atoms with Crippen molar-refractivity contribution in [2.24, 2.45) is 19.1 Å². The van der Waals surface area contributed by atoms with E-state index in [1.54, 1.807) is 18.2 Å². The molecule has 0 spiro atoms. The summed E-state index contributed by atoms with van der Waals surface area (Å²) in [5.41, 5.74) is -0.826. The molecule has 0 aliphatic carbocycles. The molecule has 0 saturated carbocycles. The largest absolute Gasteiger partial charge is 0.494 e. The van der Waals surface area contributed by atoms with Crippen LogP contribution >= 0.6 is 23.4 Å². The zero-order chi connectivity index (χ0) is 27.7. The predicted octanol–water partition coefficient (Wildman–Crippen LogP) is 4.53.